The van der Waals surface area contributed by atoms with Crippen molar-refractivity contribution in [1.29, 1.82) is 0 Å². The maximum atomic E-state index is 13.7. The summed E-state index contributed by atoms with van der Waals surface area (Å²) in [6.07, 6.45) is -1.99. The summed E-state index contributed by atoms with van der Waals surface area (Å²) in [6.45, 7) is -1.08. The maximum Gasteiger partial charge on any atom is 0.405 e. The highest BCUT2D eigenvalue weighted by Crippen LogP contribution is 2.45. The molecule has 0 bridgehead atoms. The Kier molecular flexibility index (Phi) is 5.32. The third kappa shape index (κ3) is 4.06. The molecule has 2 aromatic rings. The first-order valence-electron chi connectivity index (χ1n) is 9.86. The highest BCUT2D eigenvalue weighted by molar-refractivity contribution is 6.03. The minimum atomic E-state index is -4.42. The van der Waals surface area contributed by atoms with E-state index in [1.807, 2.05) is 0 Å². The summed E-state index contributed by atoms with van der Waals surface area (Å²) in [5.74, 6) is 0.317. The van der Waals surface area contributed by atoms with Crippen LogP contribution in [0.5, 0.6) is 5.75 Å². The van der Waals surface area contributed by atoms with Gasteiger partial charge in [0.15, 0.2) is 0 Å². The van der Waals surface area contributed by atoms with Gasteiger partial charge in [-0.05, 0) is 37.1 Å². The number of hydrogen-bond donors (Lipinski definition) is 1. The standard InChI is InChI=1S/C21H21F3N4O3/c1-31-16-4-2-14(3-5-16)28-11-13-10-25-19(26-12-21(22,23)24)27-17(13)20(18(28)30)8-6-15(29)7-9-20/h2-5,10H,6-9,11-12H2,1H3,(H,25,26,27). The summed E-state index contributed by atoms with van der Waals surface area (Å²) in [7, 11) is 1.55. The van der Waals surface area contributed by atoms with Gasteiger partial charge in [0.05, 0.1) is 24.8 Å². The molecule has 1 aromatic carbocycles. The lowest BCUT2D eigenvalue weighted by molar-refractivity contribution is -0.129. The highest BCUT2D eigenvalue weighted by atomic mass is 19.4. The Morgan fingerprint density at radius 1 is 1.16 bits per heavy atom. The molecule has 1 fully saturated rings. The molecule has 2 aliphatic rings. The van der Waals surface area contributed by atoms with Crippen LogP contribution < -0.4 is 15.0 Å². The minimum absolute atomic E-state index is 0.0611. The van der Waals surface area contributed by atoms with Crippen LogP contribution in [-0.2, 0) is 21.5 Å². The fourth-order valence-corrected chi connectivity index (χ4v) is 4.18. The van der Waals surface area contributed by atoms with Gasteiger partial charge in [-0.25, -0.2) is 9.97 Å². The van der Waals surface area contributed by atoms with Gasteiger partial charge in [-0.3, -0.25) is 9.59 Å². The van der Waals surface area contributed by atoms with Crippen LogP contribution in [0.15, 0.2) is 30.5 Å². The summed E-state index contributed by atoms with van der Waals surface area (Å²) in [5, 5.41) is 2.18. The quantitative estimate of drug-likeness (QED) is 0.794. The molecule has 7 nitrogen and oxygen atoms in total. The first-order valence-corrected chi connectivity index (χ1v) is 9.86. The Morgan fingerprint density at radius 2 is 1.84 bits per heavy atom. The number of halogens is 3. The zero-order chi connectivity index (χ0) is 22.2. The largest absolute Gasteiger partial charge is 0.497 e. The van der Waals surface area contributed by atoms with Gasteiger partial charge in [0.25, 0.3) is 0 Å². The van der Waals surface area contributed by atoms with Crippen LogP contribution in [0.25, 0.3) is 0 Å². The third-order valence-corrected chi connectivity index (χ3v) is 5.79. The summed E-state index contributed by atoms with van der Waals surface area (Å²) in [6, 6.07) is 7.03. The predicted molar refractivity (Wildman–Crippen MR) is 106 cm³/mol. The SMILES string of the molecule is COc1ccc(N2Cc3cnc(NCC(F)(F)F)nc3C3(CCC(=O)CC3)C2=O)cc1. The Labute approximate surface area is 176 Å². The summed E-state index contributed by atoms with van der Waals surface area (Å²) < 4.78 is 43.0. The van der Waals surface area contributed by atoms with E-state index in [1.165, 1.54) is 6.20 Å². The summed E-state index contributed by atoms with van der Waals surface area (Å²) in [4.78, 5) is 35.5. The average molecular weight is 434 g/mol. The third-order valence-electron chi connectivity index (χ3n) is 5.79. The number of aromatic nitrogens is 2. The monoisotopic (exact) mass is 434 g/mol. The van der Waals surface area contributed by atoms with Gasteiger partial charge in [0.2, 0.25) is 11.9 Å². The number of nitrogens with zero attached hydrogens (tertiary/aromatic N) is 3. The fourth-order valence-electron chi connectivity index (χ4n) is 4.18. The molecule has 10 heteroatoms. The topological polar surface area (TPSA) is 84.4 Å². The highest BCUT2D eigenvalue weighted by Gasteiger charge is 2.51. The molecule has 1 spiro atoms. The molecule has 0 saturated heterocycles. The average Bonchev–Trinajstić information content (AvgIpc) is 2.76. The number of alkyl halides is 3. The lowest BCUT2D eigenvalue weighted by Gasteiger charge is -2.43. The van der Waals surface area contributed by atoms with E-state index in [1.54, 1.807) is 36.3 Å². The van der Waals surface area contributed by atoms with E-state index in [9.17, 15) is 22.8 Å². The van der Waals surface area contributed by atoms with Crippen molar-refractivity contribution in [2.75, 3.05) is 23.9 Å². The molecular formula is C21H21F3N4O3. The lowest BCUT2D eigenvalue weighted by atomic mass is 9.67. The summed E-state index contributed by atoms with van der Waals surface area (Å²) >= 11 is 0. The number of methoxy groups -OCH3 is 1. The number of nitrogens with one attached hydrogen (secondary N) is 1. The van der Waals surface area contributed by atoms with Crippen LogP contribution in [0.2, 0.25) is 0 Å². The van der Waals surface area contributed by atoms with Crippen LogP contribution in [-0.4, -0.2) is 41.5 Å². The molecule has 31 heavy (non-hydrogen) atoms. The number of rotatable bonds is 4. The number of anilines is 2. The molecule has 1 aromatic heterocycles. The normalized spacial score (nSPS) is 18.1. The molecule has 1 N–H and O–H groups in total. The van der Waals surface area contributed by atoms with Gasteiger partial charge in [-0.2, -0.15) is 13.2 Å². The molecule has 1 amide bonds. The number of carbonyl (C=O) groups excluding carboxylic acids is 2. The van der Waals surface area contributed by atoms with E-state index < -0.39 is 18.1 Å². The molecule has 0 unspecified atom stereocenters. The number of ether oxygens (including phenoxy) is 1. The van der Waals surface area contributed by atoms with Crippen molar-refractivity contribution in [3.63, 3.8) is 0 Å². The van der Waals surface area contributed by atoms with Crippen LogP contribution in [0.4, 0.5) is 24.8 Å². The van der Waals surface area contributed by atoms with Gasteiger partial charge in [0.1, 0.15) is 18.1 Å². The first-order chi connectivity index (χ1) is 14.7. The number of ketones is 1. The van der Waals surface area contributed by atoms with Crippen molar-refractivity contribution < 1.29 is 27.5 Å². The van der Waals surface area contributed by atoms with Crippen LogP contribution >= 0.6 is 0 Å². The number of hydrogen-bond acceptors (Lipinski definition) is 6. The second-order valence-electron chi connectivity index (χ2n) is 7.75. The Balaban J connectivity index is 1.73. The van der Waals surface area contributed by atoms with E-state index in [0.29, 0.717) is 22.7 Å². The van der Waals surface area contributed by atoms with Crippen molar-refractivity contribution >= 4 is 23.3 Å². The minimum Gasteiger partial charge on any atom is -0.497 e. The number of fused-ring (bicyclic) bond motifs is 2. The molecule has 4 rings (SSSR count). The zero-order valence-electron chi connectivity index (χ0n) is 16.8. The molecule has 1 saturated carbocycles. The van der Waals surface area contributed by atoms with Crippen molar-refractivity contribution in [2.45, 2.75) is 43.8 Å². The second kappa shape index (κ2) is 7.82. The smallest absolute Gasteiger partial charge is 0.405 e. The molecule has 0 atom stereocenters. The molecule has 1 aliphatic carbocycles. The fraction of sp³-hybridized carbons (Fsp3) is 0.429. The molecule has 164 valence electrons. The van der Waals surface area contributed by atoms with Crippen LogP contribution in [0, 0.1) is 0 Å². The number of amides is 1. The second-order valence-corrected chi connectivity index (χ2v) is 7.75. The van der Waals surface area contributed by atoms with E-state index in [4.69, 9.17) is 4.74 Å². The molecule has 1 aliphatic heterocycles. The van der Waals surface area contributed by atoms with Crippen LogP contribution in [0.3, 0.4) is 0 Å². The maximum absolute atomic E-state index is 13.7. The van der Waals surface area contributed by atoms with Crippen molar-refractivity contribution in [3.05, 3.63) is 41.7 Å². The Morgan fingerprint density at radius 3 is 2.45 bits per heavy atom. The van der Waals surface area contributed by atoms with Crippen molar-refractivity contribution in [1.82, 2.24) is 9.97 Å². The first kappa shape index (κ1) is 21.1. The number of benzene rings is 1. The molecular weight excluding hydrogens is 413 g/mol. The molecule has 0 radical (unpaired) electrons. The number of carbonyl (C=O) groups is 2. The van der Waals surface area contributed by atoms with E-state index in [0.717, 1.165) is 0 Å². The summed E-state index contributed by atoms with van der Waals surface area (Å²) in [5.41, 5.74) is 0.655. The van der Waals surface area contributed by atoms with E-state index >= 15 is 0 Å². The predicted octanol–water partition coefficient (Wildman–Crippen LogP) is 3.39. The zero-order valence-corrected chi connectivity index (χ0v) is 16.8. The Bertz CT molecular complexity index is 998. The van der Waals surface area contributed by atoms with Gasteiger partial charge < -0.3 is 15.0 Å². The van der Waals surface area contributed by atoms with Gasteiger partial charge >= 0.3 is 6.18 Å². The van der Waals surface area contributed by atoms with Crippen molar-refractivity contribution in [2.24, 2.45) is 0 Å². The molecule has 2 heterocycles. The van der Waals surface area contributed by atoms with Crippen molar-refractivity contribution in [3.8, 4) is 5.75 Å². The lowest BCUT2D eigenvalue weighted by Crippen LogP contribution is -2.53. The van der Waals surface area contributed by atoms with E-state index in [2.05, 4.69) is 15.3 Å². The van der Waals surface area contributed by atoms with Gasteiger partial charge in [0, 0.05) is 30.3 Å². The van der Waals surface area contributed by atoms with Crippen LogP contribution in [0.1, 0.15) is 36.9 Å². The van der Waals surface area contributed by atoms with E-state index in [-0.39, 0.29) is 49.9 Å². The Hall–Kier alpha value is -3.17. The van der Waals surface area contributed by atoms with Gasteiger partial charge in [-0.1, -0.05) is 0 Å². The number of Topliss-reactive ketones (excluding diaryl/α,β-unsaturated/α-hetero) is 1. The van der Waals surface area contributed by atoms with Gasteiger partial charge in [-0.15, -0.1) is 0 Å².